The average molecular weight is 223 g/mol. The van der Waals surface area contributed by atoms with E-state index in [1.807, 2.05) is 0 Å². The maximum Gasteiger partial charge on any atom is 0.0757 e. The molecule has 1 N–H and O–H groups in total. The third-order valence-electron chi connectivity index (χ3n) is 4.64. The van der Waals surface area contributed by atoms with Gasteiger partial charge in [0.2, 0.25) is 0 Å². The van der Waals surface area contributed by atoms with E-state index < -0.39 is 0 Å². The molecule has 3 rings (SSSR count). The van der Waals surface area contributed by atoms with E-state index in [4.69, 9.17) is 4.74 Å². The Morgan fingerprint density at radius 2 is 1.94 bits per heavy atom. The van der Waals surface area contributed by atoms with E-state index in [0.29, 0.717) is 17.6 Å². The summed E-state index contributed by atoms with van der Waals surface area (Å²) >= 11 is 0. The van der Waals surface area contributed by atoms with Gasteiger partial charge in [-0.25, -0.2) is 0 Å². The predicted molar refractivity (Wildman–Crippen MR) is 65.4 cm³/mol. The van der Waals surface area contributed by atoms with Gasteiger partial charge in [0.25, 0.3) is 0 Å². The summed E-state index contributed by atoms with van der Waals surface area (Å²) in [4.78, 5) is 0. The highest BCUT2D eigenvalue weighted by atomic mass is 16.5. The minimum absolute atomic E-state index is 0.545. The summed E-state index contributed by atoms with van der Waals surface area (Å²) in [7, 11) is 0. The smallest absolute Gasteiger partial charge is 0.0757 e. The van der Waals surface area contributed by atoms with Crippen LogP contribution in [0.3, 0.4) is 0 Å². The molecule has 2 heteroatoms. The first kappa shape index (κ1) is 11.0. The van der Waals surface area contributed by atoms with Crippen LogP contribution in [0.2, 0.25) is 0 Å². The summed E-state index contributed by atoms with van der Waals surface area (Å²) in [6.07, 6.45) is 8.67. The number of hydrogen-bond donors (Lipinski definition) is 1. The molecule has 3 fully saturated rings. The summed E-state index contributed by atoms with van der Waals surface area (Å²) < 4.78 is 5.89. The van der Waals surface area contributed by atoms with Crippen molar-refractivity contribution in [3.8, 4) is 0 Å². The fourth-order valence-corrected chi connectivity index (χ4v) is 3.56. The Kier molecular flexibility index (Phi) is 2.75. The topological polar surface area (TPSA) is 21.3 Å². The van der Waals surface area contributed by atoms with Crippen molar-refractivity contribution in [3.05, 3.63) is 0 Å². The van der Waals surface area contributed by atoms with Crippen LogP contribution in [-0.4, -0.2) is 24.8 Å². The summed E-state index contributed by atoms with van der Waals surface area (Å²) in [6, 6.07) is 1.41. The van der Waals surface area contributed by atoms with Gasteiger partial charge in [-0.05, 0) is 49.9 Å². The molecule has 2 aliphatic carbocycles. The first-order valence-corrected chi connectivity index (χ1v) is 7.02. The van der Waals surface area contributed by atoms with Crippen molar-refractivity contribution in [2.45, 2.75) is 70.6 Å². The molecule has 2 saturated carbocycles. The summed E-state index contributed by atoms with van der Waals surface area (Å²) in [5.41, 5.74) is 0.562. The monoisotopic (exact) mass is 223 g/mol. The minimum Gasteiger partial charge on any atom is -0.376 e. The summed E-state index contributed by atoms with van der Waals surface area (Å²) in [6.45, 7) is 5.78. The van der Waals surface area contributed by atoms with Crippen LogP contribution < -0.4 is 5.32 Å². The van der Waals surface area contributed by atoms with Crippen LogP contribution in [0.15, 0.2) is 0 Å². The standard InChI is InChI=1S/C14H25NO/c1-14(2)7-5-11(9-14)15-12-6-8-16-13(12)10-3-4-10/h10-13,15H,3-9H2,1-2H3. The van der Waals surface area contributed by atoms with Gasteiger partial charge in [-0.2, -0.15) is 0 Å². The molecular weight excluding hydrogens is 198 g/mol. The van der Waals surface area contributed by atoms with Gasteiger partial charge < -0.3 is 10.1 Å². The SMILES string of the molecule is CC1(C)CCC(NC2CCOC2C2CC2)C1. The van der Waals surface area contributed by atoms with Crippen LogP contribution >= 0.6 is 0 Å². The van der Waals surface area contributed by atoms with E-state index in [1.165, 1.54) is 38.5 Å². The van der Waals surface area contributed by atoms with Crippen LogP contribution in [-0.2, 0) is 4.74 Å². The second kappa shape index (κ2) is 3.99. The minimum atomic E-state index is 0.545. The third kappa shape index (κ3) is 2.28. The quantitative estimate of drug-likeness (QED) is 0.794. The molecule has 1 heterocycles. The molecule has 1 saturated heterocycles. The van der Waals surface area contributed by atoms with Crippen molar-refractivity contribution >= 4 is 0 Å². The van der Waals surface area contributed by atoms with Crippen LogP contribution in [0, 0.1) is 11.3 Å². The van der Waals surface area contributed by atoms with Crippen molar-refractivity contribution in [2.75, 3.05) is 6.61 Å². The third-order valence-corrected chi connectivity index (χ3v) is 4.64. The zero-order valence-corrected chi connectivity index (χ0v) is 10.7. The fourth-order valence-electron chi connectivity index (χ4n) is 3.56. The molecular formula is C14H25NO. The Bertz CT molecular complexity index is 259. The zero-order chi connectivity index (χ0) is 11.2. The fraction of sp³-hybridized carbons (Fsp3) is 1.00. The van der Waals surface area contributed by atoms with Gasteiger partial charge in [-0.1, -0.05) is 13.8 Å². The molecule has 1 aliphatic heterocycles. The second-order valence-electron chi connectivity index (χ2n) is 6.84. The van der Waals surface area contributed by atoms with Crippen molar-refractivity contribution in [1.82, 2.24) is 5.32 Å². The van der Waals surface area contributed by atoms with Crippen LogP contribution in [0.25, 0.3) is 0 Å². The van der Waals surface area contributed by atoms with Crippen LogP contribution in [0.4, 0.5) is 0 Å². The van der Waals surface area contributed by atoms with E-state index >= 15 is 0 Å². The number of nitrogens with one attached hydrogen (secondary N) is 1. The molecule has 3 atom stereocenters. The Morgan fingerprint density at radius 3 is 2.56 bits per heavy atom. The average Bonchev–Trinajstić information content (AvgIpc) is 2.87. The lowest BCUT2D eigenvalue weighted by molar-refractivity contribution is 0.0787. The van der Waals surface area contributed by atoms with Crippen molar-refractivity contribution in [1.29, 1.82) is 0 Å². The van der Waals surface area contributed by atoms with Gasteiger partial charge in [0, 0.05) is 18.7 Å². The molecule has 0 aromatic heterocycles. The molecule has 0 bridgehead atoms. The van der Waals surface area contributed by atoms with Crippen LogP contribution in [0.5, 0.6) is 0 Å². The Morgan fingerprint density at radius 1 is 1.12 bits per heavy atom. The largest absolute Gasteiger partial charge is 0.376 e. The molecule has 0 aromatic carbocycles. The van der Waals surface area contributed by atoms with Crippen molar-refractivity contribution in [2.24, 2.45) is 11.3 Å². The van der Waals surface area contributed by atoms with Crippen molar-refractivity contribution < 1.29 is 4.74 Å². The highest BCUT2D eigenvalue weighted by molar-refractivity contribution is 4.96. The number of ether oxygens (including phenoxy) is 1. The molecule has 92 valence electrons. The number of rotatable bonds is 3. The molecule has 2 nitrogen and oxygen atoms in total. The molecule has 3 unspecified atom stereocenters. The van der Waals surface area contributed by atoms with E-state index in [-0.39, 0.29) is 0 Å². The lowest BCUT2D eigenvalue weighted by Crippen LogP contribution is -2.43. The zero-order valence-electron chi connectivity index (χ0n) is 10.7. The predicted octanol–water partition coefficient (Wildman–Crippen LogP) is 2.72. The van der Waals surface area contributed by atoms with Crippen molar-refractivity contribution in [3.63, 3.8) is 0 Å². The Hall–Kier alpha value is -0.0800. The van der Waals surface area contributed by atoms with Gasteiger partial charge in [0.05, 0.1) is 6.10 Å². The van der Waals surface area contributed by atoms with E-state index in [1.54, 1.807) is 0 Å². The molecule has 0 radical (unpaired) electrons. The first-order chi connectivity index (χ1) is 7.64. The lowest BCUT2D eigenvalue weighted by Gasteiger charge is -2.24. The highest BCUT2D eigenvalue weighted by Gasteiger charge is 2.42. The van der Waals surface area contributed by atoms with Gasteiger partial charge in [0.1, 0.15) is 0 Å². The second-order valence-corrected chi connectivity index (χ2v) is 6.84. The molecule has 0 spiro atoms. The van der Waals surface area contributed by atoms with E-state index in [2.05, 4.69) is 19.2 Å². The van der Waals surface area contributed by atoms with E-state index in [9.17, 15) is 0 Å². The molecule has 0 aromatic rings. The van der Waals surface area contributed by atoms with Gasteiger partial charge in [-0.15, -0.1) is 0 Å². The van der Waals surface area contributed by atoms with Gasteiger partial charge in [0.15, 0.2) is 0 Å². The molecule has 0 amide bonds. The normalized spacial score (nSPS) is 42.8. The van der Waals surface area contributed by atoms with Gasteiger partial charge >= 0.3 is 0 Å². The molecule has 3 aliphatic rings. The Balaban J connectivity index is 1.54. The lowest BCUT2D eigenvalue weighted by atomic mass is 9.91. The van der Waals surface area contributed by atoms with Crippen LogP contribution in [0.1, 0.15) is 52.4 Å². The maximum absolute atomic E-state index is 5.89. The number of hydrogen-bond acceptors (Lipinski definition) is 2. The maximum atomic E-state index is 5.89. The Labute approximate surface area is 99.1 Å². The molecule has 16 heavy (non-hydrogen) atoms. The van der Waals surface area contributed by atoms with E-state index in [0.717, 1.165) is 18.6 Å². The summed E-state index contributed by atoms with van der Waals surface area (Å²) in [5, 5.41) is 3.88. The summed E-state index contributed by atoms with van der Waals surface area (Å²) in [5.74, 6) is 0.884. The highest BCUT2D eigenvalue weighted by Crippen LogP contribution is 2.41. The first-order valence-electron chi connectivity index (χ1n) is 7.02. The van der Waals surface area contributed by atoms with Gasteiger partial charge in [-0.3, -0.25) is 0 Å².